The van der Waals surface area contributed by atoms with Gasteiger partial charge in [-0.25, -0.2) is 0 Å². The van der Waals surface area contributed by atoms with Crippen LogP contribution in [0.2, 0.25) is 5.02 Å². The Bertz CT molecular complexity index is 839. The number of anilines is 2. The lowest BCUT2D eigenvalue weighted by Crippen LogP contribution is -2.26. The molecule has 2 aromatic carbocycles. The first kappa shape index (κ1) is 16.1. The number of rotatable bonds is 3. The van der Waals surface area contributed by atoms with Crippen LogP contribution in [0.1, 0.15) is 12.0 Å². The lowest BCUT2D eigenvalue weighted by molar-refractivity contribution is -0.112. The smallest absolute Gasteiger partial charge is 0.267 e. The number of para-hydroxylation sites is 2. The van der Waals surface area contributed by atoms with Gasteiger partial charge < -0.3 is 10.2 Å². The Balaban J connectivity index is 1.84. The van der Waals surface area contributed by atoms with Crippen LogP contribution in [0.25, 0.3) is 0 Å². The Kier molecular flexibility index (Phi) is 4.83. The summed E-state index contributed by atoms with van der Waals surface area (Å²) in [6.07, 6.45) is 3.61. The Morgan fingerprint density at radius 1 is 1.21 bits per heavy atom. The third-order valence-electron chi connectivity index (χ3n) is 3.92. The van der Waals surface area contributed by atoms with Gasteiger partial charge in [0, 0.05) is 18.4 Å². The largest absolute Gasteiger partial charge is 0.346 e. The molecule has 1 aliphatic heterocycles. The van der Waals surface area contributed by atoms with Gasteiger partial charge in [0.15, 0.2) is 0 Å². The van der Waals surface area contributed by atoms with Crippen LogP contribution < -0.4 is 10.2 Å². The SMILES string of the molecule is N#C/C(=C/N1CCCc2ccccc21)C(=O)Nc1ccccc1Cl. The molecule has 24 heavy (non-hydrogen) atoms. The lowest BCUT2D eigenvalue weighted by atomic mass is 10.0. The highest BCUT2D eigenvalue weighted by Gasteiger charge is 2.18. The number of nitriles is 1. The molecule has 1 N–H and O–H groups in total. The lowest BCUT2D eigenvalue weighted by Gasteiger charge is -2.28. The van der Waals surface area contributed by atoms with Crippen molar-refractivity contribution in [2.24, 2.45) is 0 Å². The summed E-state index contributed by atoms with van der Waals surface area (Å²) in [5.74, 6) is -0.464. The zero-order valence-corrected chi connectivity index (χ0v) is 13.8. The third-order valence-corrected chi connectivity index (χ3v) is 4.25. The summed E-state index contributed by atoms with van der Waals surface area (Å²) in [5.41, 5.74) is 2.81. The highest BCUT2D eigenvalue weighted by Crippen LogP contribution is 2.27. The second kappa shape index (κ2) is 7.20. The van der Waals surface area contributed by atoms with Crippen molar-refractivity contribution in [2.75, 3.05) is 16.8 Å². The normalized spacial score (nSPS) is 13.8. The van der Waals surface area contributed by atoms with Gasteiger partial charge in [0.2, 0.25) is 0 Å². The van der Waals surface area contributed by atoms with E-state index in [0.29, 0.717) is 10.7 Å². The molecule has 0 atom stereocenters. The van der Waals surface area contributed by atoms with Crippen molar-refractivity contribution in [3.8, 4) is 6.07 Å². The molecule has 0 saturated carbocycles. The maximum Gasteiger partial charge on any atom is 0.267 e. The predicted molar refractivity (Wildman–Crippen MR) is 95.9 cm³/mol. The number of amides is 1. The zero-order chi connectivity index (χ0) is 16.9. The molecule has 4 nitrogen and oxygen atoms in total. The van der Waals surface area contributed by atoms with Gasteiger partial charge in [0.25, 0.3) is 5.91 Å². The van der Waals surface area contributed by atoms with E-state index < -0.39 is 5.91 Å². The standard InChI is InChI=1S/C19H16ClN3O/c20-16-8-2-3-9-17(16)22-19(24)15(12-21)13-23-11-5-7-14-6-1-4-10-18(14)23/h1-4,6,8-10,13H,5,7,11H2,(H,22,24)/b15-13-. The first-order valence-electron chi connectivity index (χ1n) is 7.71. The Hall–Kier alpha value is -2.77. The minimum Gasteiger partial charge on any atom is -0.346 e. The number of hydrogen-bond donors (Lipinski definition) is 1. The average Bonchev–Trinajstić information content (AvgIpc) is 2.61. The van der Waals surface area contributed by atoms with Crippen molar-refractivity contribution in [3.05, 3.63) is 70.9 Å². The highest BCUT2D eigenvalue weighted by atomic mass is 35.5. The molecule has 0 aromatic heterocycles. The molecule has 0 radical (unpaired) electrons. The second-order valence-corrected chi connectivity index (χ2v) is 5.92. The Labute approximate surface area is 146 Å². The number of fused-ring (bicyclic) bond motifs is 1. The molecule has 2 aromatic rings. The van der Waals surface area contributed by atoms with Gasteiger partial charge in [-0.1, -0.05) is 41.9 Å². The molecule has 0 aliphatic carbocycles. The average molecular weight is 338 g/mol. The molecule has 1 heterocycles. The fraction of sp³-hybridized carbons (Fsp3) is 0.158. The number of aryl methyl sites for hydroxylation is 1. The summed E-state index contributed by atoms with van der Waals surface area (Å²) in [6.45, 7) is 0.779. The molecular formula is C19H16ClN3O. The van der Waals surface area contributed by atoms with Crippen molar-refractivity contribution < 1.29 is 4.79 Å². The van der Waals surface area contributed by atoms with Crippen molar-refractivity contribution in [1.82, 2.24) is 0 Å². The zero-order valence-electron chi connectivity index (χ0n) is 13.0. The molecule has 0 spiro atoms. The van der Waals surface area contributed by atoms with E-state index in [1.165, 1.54) is 5.56 Å². The predicted octanol–water partition coefficient (Wildman–Crippen LogP) is 4.14. The molecule has 0 saturated heterocycles. The summed E-state index contributed by atoms with van der Waals surface area (Å²) in [7, 11) is 0. The van der Waals surface area contributed by atoms with Crippen molar-refractivity contribution >= 4 is 28.9 Å². The quantitative estimate of drug-likeness (QED) is 0.676. The number of nitrogens with one attached hydrogen (secondary N) is 1. The first-order chi connectivity index (χ1) is 11.7. The van der Waals surface area contributed by atoms with Gasteiger partial charge in [-0.05, 0) is 36.6 Å². The number of benzene rings is 2. The fourth-order valence-electron chi connectivity index (χ4n) is 2.74. The Morgan fingerprint density at radius 3 is 2.75 bits per heavy atom. The van der Waals surface area contributed by atoms with Gasteiger partial charge in [-0.15, -0.1) is 0 Å². The van der Waals surface area contributed by atoms with Crippen LogP contribution in [-0.4, -0.2) is 12.5 Å². The second-order valence-electron chi connectivity index (χ2n) is 5.51. The van der Waals surface area contributed by atoms with Crippen LogP contribution in [0, 0.1) is 11.3 Å². The number of carbonyl (C=O) groups is 1. The summed E-state index contributed by atoms with van der Waals surface area (Å²) in [5, 5.41) is 12.5. The van der Waals surface area contributed by atoms with Crippen LogP contribution >= 0.6 is 11.6 Å². The van der Waals surface area contributed by atoms with Crippen molar-refractivity contribution in [3.63, 3.8) is 0 Å². The highest BCUT2D eigenvalue weighted by molar-refractivity contribution is 6.34. The maximum absolute atomic E-state index is 12.4. The van der Waals surface area contributed by atoms with Crippen LogP contribution in [0.4, 0.5) is 11.4 Å². The molecule has 120 valence electrons. The van der Waals surface area contributed by atoms with Gasteiger partial charge in [-0.2, -0.15) is 5.26 Å². The van der Waals surface area contributed by atoms with E-state index >= 15 is 0 Å². The molecule has 5 heteroatoms. The summed E-state index contributed by atoms with van der Waals surface area (Å²) in [4.78, 5) is 14.4. The Morgan fingerprint density at radius 2 is 1.96 bits per heavy atom. The van der Waals surface area contributed by atoms with Crippen LogP contribution in [-0.2, 0) is 11.2 Å². The van der Waals surface area contributed by atoms with E-state index in [-0.39, 0.29) is 5.57 Å². The molecular weight excluding hydrogens is 322 g/mol. The molecule has 0 bridgehead atoms. The number of carbonyl (C=O) groups excluding carboxylic acids is 1. The van der Waals surface area contributed by atoms with E-state index in [0.717, 1.165) is 25.1 Å². The monoisotopic (exact) mass is 337 g/mol. The van der Waals surface area contributed by atoms with E-state index in [9.17, 15) is 10.1 Å². The molecule has 3 rings (SSSR count). The van der Waals surface area contributed by atoms with Gasteiger partial charge in [0.1, 0.15) is 11.6 Å². The number of halogens is 1. The van der Waals surface area contributed by atoms with Crippen molar-refractivity contribution in [2.45, 2.75) is 12.8 Å². The summed E-state index contributed by atoms with van der Waals surface area (Å²) >= 11 is 6.05. The summed E-state index contributed by atoms with van der Waals surface area (Å²) in [6, 6.07) is 17.0. The summed E-state index contributed by atoms with van der Waals surface area (Å²) < 4.78 is 0. The molecule has 1 amide bonds. The third kappa shape index (κ3) is 3.42. The van der Waals surface area contributed by atoms with Gasteiger partial charge in [-0.3, -0.25) is 4.79 Å². The maximum atomic E-state index is 12.4. The first-order valence-corrected chi connectivity index (χ1v) is 8.09. The van der Waals surface area contributed by atoms with E-state index in [2.05, 4.69) is 11.4 Å². The minimum atomic E-state index is -0.464. The minimum absolute atomic E-state index is 0.0478. The van der Waals surface area contributed by atoms with E-state index in [4.69, 9.17) is 11.6 Å². The topological polar surface area (TPSA) is 56.1 Å². The molecule has 0 unspecified atom stereocenters. The van der Waals surface area contributed by atoms with Crippen LogP contribution in [0.3, 0.4) is 0 Å². The molecule has 0 fully saturated rings. The number of hydrogen-bond acceptors (Lipinski definition) is 3. The van der Waals surface area contributed by atoms with E-state index in [1.807, 2.05) is 29.2 Å². The van der Waals surface area contributed by atoms with Crippen molar-refractivity contribution in [1.29, 1.82) is 5.26 Å². The van der Waals surface area contributed by atoms with E-state index in [1.54, 1.807) is 30.5 Å². The van der Waals surface area contributed by atoms with Crippen LogP contribution in [0.15, 0.2) is 60.3 Å². The van der Waals surface area contributed by atoms with Gasteiger partial charge >= 0.3 is 0 Å². The van der Waals surface area contributed by atoms with Crippen LogP contribution in [0.5, 0.6) is 0 Å². The van der Waals surface area contributed by atoms with Gasteiger partial charge in [0.05, 0.1) is 10.7 Å². The molecule has 1 aliphatic rings. The number of nitrogens with zero attached hydrogens (tertiary/aromatic N) is 2. The fourth-order valence-corrected chi connectivity index (χ4v) is 2.93.